The Morgan fingerprint density at radius 2 is 1.71 bits per heavy atom. The maximum absolute atomic E-state index is 13.2. The number of rotatable bonds is 9. The summed E-state index contributed by atoms with van der Waals surface area (Å²) in [5.74, 6) is -0.592. The van der Waals surface area contributed by atoms with E-state index in [2.05, 4.69) is 10.6 Å². The molecule has 8 nitrogen and oxygen atoms in total. The average molecular weight is 496 g/mol. The third-order valence-corrected chi connectivity index (χ3v) is 7.95. The summed E-state index contributed by atoms with van der Waals surface area (Å²) in [4.78, 5) is 26.4. The predicted molar refractivity (Wildman–Crippen MR) is 131 cm³/mol. The lowest BCUT2D eigenvalue weighted by Gasteiger charge is -2.32. The van der Waals surface area contributed by atoms with Gasteiger partial charge < -0.3 is 15.1 Å². The van der Waals surface area contributed by atoms with Crippen LogP contribution in [0.25, 0.3) is 0 Å². The predicted octanol–water partition coefficient (Wildman–Crippen LogP) is 2.72. The fourth-order valence-electron chi connectivity index (χ4n) is 4.18. The zero-order chi connectivity index (χ0) is 24.7. The fraction of sp³-hybridized carbons (Fsp3) is 0.308. The highest BCUT2D eigenvalue weighted by atomic mass is 32.2. The molecule has 1 saturated heterocycles. The number of amides is 2. The van der Waals surface area contributed by atoms with Gasteiger partial charge in [0.2, 0.25) is 21.8 Å². The summed E-state index contributed by atoms with van der Waals surface area (Å²) in [6.45, 7) is 0.646. The van der Waals surface area contributed by atoms with Gasteiger partial charge in [0.1, 0.15) is 11.8 Å². The van der Waals surface area contributed by atoms with Crippen LogP contribution in [0, 0.1) is 5.92 Å². The van der Waals surface area contributed by atoms with Gasteiger partial charge in [0.25, 0.3) is 0 Å². The molecule has 2 atom stereocenters. The van der Waals surface area contributed by atoms with Crippen LogP contribution in [0.15, 0.2) is 88.4 Å². The van der Waals surface area contributed by atoms with Crippen LogP contribution < -0.4 is 10.6 Å². The zero-order valence-corrected chi connectivity index (χ0v) is 20.1. The van der Waals surface area contributed by atoms with E-state index in [9.17, 15) is 18.0 Å². The third kappa shape index (κ3) is 6.37. The van der Waals surface area contributed by atoms with Gasteiger partial charge in [-0.25, -0.2) is 8.42 Å². The van der Waals surface area contributed by atoms with Crippen molar-refractivity contribution in [2.45, 2.75) is 36.7 Å². The molecule has 0 bridgehead atoms. The van der Waals surface area contributed by atoms with E-state index in [1.165, 1.54) is 10.6 Å². The number of carbonyl (C=O) groups excluding carboxylic acids is 2. The van der Waals surface area contributed by atoms with Crippen LogP contribution in [0.2, 0.25) is 0 Å². The van der Waals surface area contributed by atoms with E-state index in [0.717, 1.165) is 5.56 Å². The van der Waals surface area contributed by atoms with Crippen molar-refractivity contribution in [2.24, 2.45) is 5.92 Å². The Kier molecular flexibility index (Phi) is 7.99. The molecule has 1 aliphatic heterocycles. The largest absolute Gasteiger partial charge is 0.467 e. The van der Waals surface area contributed by atoms with Crippen molar-refractivity contribution in [3.05, 3.63) is 90.4 Å². The van der Waals surface area contributed by atoms with Crippen molar-refractivity contribution < 1.29 is 22.4 Å². The molecular weight excluding hydrogens is 466 g/mol. The van der Waals surface area contributed by atoms with E-state index in [4.69, 9.17) is 4.42 Å². The summed E-state index contributed by atoms with van der Waals surface area (Å²) < 4.78 is 32.7. The van der Waals surface area contributed by atoms with Crippen LogP contribution in [0.5, 0.6) is 0 Å². The third-order valence-electron chi connectivity index (χ3n) is 6.07. The molecule has 0 aliphatic carbocycles. The first-order valence-corrected chi connectivity index (χ1v) is 13.1. The quantitative estimate of drug-likeness (QED) is 0.475. The number of hydrogen-bond acceptors (Lipinski definition) is 5. The molecule has 4 rings (SSSR count). The number of hydrogen-bond donors (Lipinski definition) is 2. The van der Waals surface area contributed by atoms with E-state index in [0.29, 0.717) is 31.6 Å². The Morgan fingerprint density at radius 1 is 1.00 bits per heavy atom. The molecule has 0 spiro atoms. The molecule has 1 aliphatic rings. The van der Waals surface area contributed by atoms with Crippen LogP contribution in [-0.4, -0.2) is 43.7 Å². The number of carbonyl (C=O) groups is 2. The highest BCUT2D eigenvalue weighted by molar-refractivity contribution is 7.89. The number of nitrogens with one attached hydrogen (secondary N) is 2. The molecule has 0 saturated carbocycles. The minimum atomic E-state index is -3.69. The first-order chi connectivity index (χ1) is 16.9. The van der Waals surface area contributed by atoms with Gasteiger partial charge in [-0.15, -0.1) is 0 Å². The highest BCUT2D eigenvalue weighted by Crippen LogP contribution is 2.24. The van der Waals surface area contributed by atoms with E-state index in [-0.39, 0.29) is 29.8 Å². The first kappa shape index (κ1) is 24.7. The SMILES string of the molecule is O=C(N[C@H](Cc1ccccc1)C(=O)NCc1ccco1)C1CCCN(S(=O)(=O)c2ccccc2)C1. The average Bonchev–Trinajstić information content (AvgIpc) is 3.42. The minimum absolute atomic E-state index is 0.0785. The zero-order valence-electron chi connectivity index (χ0n) is 19.3. The van der Waals surface area contributed by atoms with Crippen LogP contribution in [-0.2, 0) is 32.6 Å². The van der Waals surface area contributed by atoms with Crippen LogP contribution >= 0.6 is 0 Å². The summed E-state index contributed by atoms with van der Waals surface area (Å²) >= 11 is 0. The molecule has 2 heterocycles. The Hall–Kier alpha value is -3.43. The van der Waals surface area contributed by atoms with Gasteiger partial charge in [0.05, 0.1) is 23.6 Å². The fourth-order valence-corrected chi connectivity index (χ4v) is 5.72. The molecule has 3 aromatic rings. The maximum atomic E-state index is 13.2. The van der Waals surface area contributed by atoms with E-state index >= 15 is 0 Å². The van der Waals surface area contributed by atoms with Gasteiger partial charge in [-0.05, 0) is 42.7 Å². The van der Waals surface area contributed by atoms with E-state index < -0.39 is 22.0 Å². The van der Waals surface area contributed by atoms with Crippen LogP contribution in [0.3, 0.4) is 0 Å². The standard InChI is InChI=1S/C26H29N3O5S/c30-25(21-11-7-15-29(19-21)35(32,33)23-13-5-2-6-14-23)28-24(17-20-9-3-1-4-10-20)26(31)27-18-22-12-8-16-34-22/h1-6,8-10,12-14,16,21,24H,7,11,15,17-19H2,(H,27,31)(H,28,30)/t21?,24-/m1/s1. The maximum Gasteiger partial charge on any atom is 0.243 e. The number of piperidine rings is 1. The van der Waals surface area contributed by atoms with Gasteiger partial charge in [0, 0.05) is 19.5 Å². The molecule has 9 heteroatoms. The molecule has 0 radical (unpaired) electrons. The number of sulfonamides is 1. The molecule has 1 aromatic heterocycles. The number of furan rings is 1. The molecule has 2 aromatic carbocycles. The van der Waals surface area contributed by atoms with E-state index in [1.54, 1.807) is 42.5 Å². The number of nitrogens with zero attached hydrogens (tertiary/aromatic N) is 1. The van der Waals surface area contributed by atoms with Gasteiger partial charge in [-0.3, -0.25) is 9.59 Å². The van der Waals surface area contributed by atoms with E-state index in [1.807, 2.05) is 30.3 Å². The van der Waals surface area contributed by atoms with Crippen molar-refractivity contribution >= 4 is 21.8 Å². The van der Waals surface area contributed by atoms with Crippen molar-refractivity contribution in [3.8, 4) is 0 Å². The molecule has 184 valence electrons. The summed E-state index contributed by atoms with van der Waals surface area (Å²) in [5, 5.41) is 5.69. The molecule has 1 unspecified atom stereocenters. The van der Waals surface area contributed by atoms with Gasteiger partial charge in [-0.2, -0.15) is 4.31 Å². The van der Waals surface area contributed by atoms with Crippen LogP contribution in [0.1, 0.15) is 24.2 Å². The second kappa shape index (κ2) is 11.3. The van der Waals surface area contributed by atoms with Gasteiger partial charge >= 0.3 is 0 Å². The number of benzene rings is 2. The molecule has 35 heavy (non-hydrogen) atoms. The summed E-state index contributed by atoms with van der Waals surface area (Å²) in [6, 6.07) is 20.3. The lowest BCUT2D eigenvalue weighted by Crippen LogP contribution is -2.52. The second-order valence-corrected chi connectivity index (χ2v) is 10.5. The summed E-state index contributed by atoms with van der Waals surface area (Å²) in [5.41, 5.74) is 0.905. The smallest absolute Gasteiger partial charge is 0.243 e. The summed E-state index contributed by atoms with van der Waals surface area (Å²) in [7, 11) is -3.69. The van der Waals surface area contributed by atoms with Crippen molar-refractivity contribution in [1.82, 2.24) is 14.9 Å². The molecular formula is C26H29N3O5S. The topological polar surface area (TPSA) is 109 Å². The van der Waals surface area contributed by atoms with Crippen molar-refractivity contribution in [2.75, 3.05) is 13.1 Å². The lowest BCUT2D eigenvalue weighted by atomic mass is 9.97. The Morgan fingerprint density at radius 3 is 2.40 bits per heavy atom. The normalized spacial score (nSPS) is 17.4. The molecule has 2 N–H and O–H groups in total. The van der Waals surface area contributed by atoms with Gasteiger partial charge in [-0.1, -0.05) is 48.5 Å². The lowest BCUT2D eigenvalue weighted by molar-refractivity contribution is -0.132. The molecule has 1 fully saturated rings. The Bertz CT molecular complexity index is 1210. The monoisotopic (exact) mass is 495 g/mol. The second-order valence-electron chi connectivity index (χ2n) is 8.56. The Balaban J connectivity index is 1.44. The highest BCUT2D eigenvalue weighted by Gasteiger charge is 2.34. The summed E-state index contributed by atoms with van der Waals surface area (Å²) in [6.07, 6.45) is 2.97. The first-order valence-electron chi connectivity index (χ1n) is 11.6. The van der Waals surface area contributed by atoms with Crippen LogP contribution in [0.4, 0.5) is 0 Å². The Labute approximate surface area is 205 Å². The minimum Gasteiger partial charge on any atom is -0.467 e. The molecule has 2 amide bonds. The van der Waals surface area contributed by atoms with Crippen molar-refractivity contribution in [3.63, 3.8) is 0 Å². The van der Waals surface area contributed by atoms with Gasteiger partial charge in [0.15, 0.2) is 0 Å². The van der Waals surface area contributed by atoms with Crippen molar-refractivity contribution in [1.29, 1.82) is 0 Å².